The summed E-state index contributed by atoms with van der Waals surface area (Å²) in [5, 5.41) is 20.7. The number of hydrogen-bond acceptors (Lipinski definition) is 3. The van der Waals surface area contributed by atoms with E-state index in [2.05, 4.69) is 5.32 Å². The number of carboxylic acids is 1. The SMILES string of the molecule is Cc1cc(C(=O)Nc2c(F)cccc2C(=O)O)ccc1O. The number of aromatic carboxylic acids is 1. The number of benzene rings is 2. The smallest absolute Gasteiger partial charge is 0.337 e. The number of para-hydroxylation sites is 1. The highest BCUT2D eigenvalue weighted by molar-refractivity contribution is 6.08. The van der Waals surface area contributed by atoms with E-state index in [1.54, 1.807) is 6.92 Å². The van der Waals surface area contributed by atoms with Crippen LogP contribution < -0.4 is 5.32 Å². The predicted octanol–water partition coefficient (Wildman–Crippen LogP) is 2.79. The highest BCUT2D eigenvalue weighted by atomic mass is 19.1. The number of halogens is 1. The number of anilines is 1. The first-order valence-electron chi connectivity index (χ1n) is 6.03. The zero-order chi connectivity index (χ0) is 15.6. The third-order valence-corrected chi connectivity index (χ3v) is 2.94. The number of hydrogen-bond donors (Lipinski definition) is 3. The van der Waals surface area contributed by atoms with Gasteiger partial charge in [-0.25, -0.2) is 9.18 Å². The molecule has 0 aliphatic heterocycles. The Labute approximate surface area is 119 Å². The van der Waals surface area contributed by atoms with Crippen LogP contribution in [0.25, 0.3) is 0 Å². The first-order chi connectivity index (χ1) is 9.90. The average Bonchev–Trinajstić information content (AvgIpc) is 2.43. The molecule has 2 aromatic carbocycles. The molecule has 0 aromatic heterocycles. The highest BCUT2D eigenvalue weighted by Crippen LogP contribution is 2.22. The third-order valence-electron chi connectivity index (χ3n) is 2.94. The van der Waals surface area contributed by atoms with Crippen LogP contribution in [-0.2, 0) is 0 Å². The molecular weight excluding hydrogens is 277 g/mol. The van der Waals surface area contributed by atoms with E-state index in [0.717, 1.165) is 6.07 Å². The van der Waals surface area contributed by atoms with Gasteiger partial charge in [-0.05, 0) is 42.8 Å². The Balaban J connectivity index is 2.36. The summed E-state index contributed by atoms with van der Waals surface area (Å²) in [6.45, 7) is 1.61. The molecule has 108 valence electrons. The fourth-order valence-corrected chi connectivity index (χ4v) is 1.81. The van der Waals surface area contributed by atoms with Gasteiger partial charge in [0.1, 0.15) is 11.6 Å². The second-order valence-corrected chi connectivity index (χ2v) is 4.42. The molecule has 0 spiro atoms. The van der Waals surface area contributed by atoms with Crippen molar-refractivity contribution in [1.82, 2.24) is 0 Å². The molecule has 0 aliphatic rings. The van der Waals surface area contributed by atoms with Gasteiger partial charge < -0.3 is 15.5 Å². The molecule has 3 N–H and O–H groups in total. The fourth-order valence-electron chi connectivity index (χ4n) is 1.81. The van der Waals surface area contributed by atoms with Crippen LogP contribution in [0, 0.1) is 12.7 Å². The maximum absolute atomic E-state index is 13.7. The Morgan fingerprint density at radius 3 is 2.52 bits per heavy atom. The molecule has 1 amide bonds. The molecule has 0 bridgehead atoms. The summed E-state index contributed by atoms with van der Waals surface area (Å²) in [5.41, 5.74) is -0.0564. The summed E-state index contributed by atoms with van der Waals surface area (Å²) >= 11 is 0. The van der Waals surface area contributed by atoms with E-state index in [0.29, 0.717) is 5.56 Å². The van der Waals surface area contributed by atoms with Crippen molar-refractivity contribution in [3.63, 3.8) is 0 Å². The number of carbonyl (C=O) groups is 2. The lowest BCUT2D eigenvalue weighted by Gasteiger charge is -2.10. The van der Waals surface area contributed by atoms with Gasteiger partial charge in [-0.2, -0.15) is 0 Å². The lowest BCUT2D eigenvalue weighted by Crippen LogP contribution is -2.16. The van der Waals surface area contributed by atoms with Crippen LogP contribution in [0.5, 0.6) is 5.75 Å². The largest absolute Gasteiger partial charge is 0.508 e. The van der Waals surface area contributed by atoms with Gasteiger partial charge in [0.25, 0.3) is 5.91 Å². The van der Waals surface area contributed by atoms with E-state index in [4.69, 9.17) is 5.11 Å². The summed E-state index contributed by atoms with van der Waals surface area (Å²) in [6, 6.07) is 7.63. The van der Waals surface area contributed by atoms with Crippen LogP contribution in [0.1, 0.15) is 26.3 Å². The molecule has 21 heavy (non-hydrogen) atoms. The minimum Gasteiger partial charge on any atom is -0.508 e. The van der Waals surface area contributed by atoms with Crippen molar-refractivity contribution in [3.8, 4) is 5.75 Å². The number of amides is 1. The molecule has 0 saturated heterocycles. The third kappa shape index (κ3) is 3.00. The van der Waals surface area contributed by atoms with E-state index < -0.39 is 17.7 Å². The van der Waals surface area contributed by atoms with E-state index >= 15 is 0 Å². The molecule has 2 aromatic rings. The zero-order valence-electron chi connectivity index (χ0n) is 11.1. The monoisotopic (exact) mass is 289 g/mol. The van der Waals surface area contributed by atoms with Gasteiger partial charge >= 0.3 is 5.97 Å². The molecule has 0 radical (unpaired) electrons. The van der Waals surface area contributed by atoms with Crippen molar-refractivity contribution in [2.75, 3.05) is 5.32 Å². The number of phenolic OH excluding ortho intramolecular Hbond substituents is 1. The summed E-state index contributed by atoms with van der Waals surface area (Å²) in [4.78, 5) is 23.1. The van der Waals surface area contributed by atoms with Gasteiger partial charge in [0.15, 0.2) is 0 Å². The number of carbonyl (C=O) groups excluding carboxylic acids is 1. The van der Waals surface area contributed by atoms with Crippen LogP contribution >= 0.6 is 0 Å². The topological polar surface area (TPSA) is 86.6 Å². The van der Waals surface area contributed by atoms with E-state index in [9.17, 15) is 19.1 Å². The predicted molar refractivity (Wildman–Crippen MR) is 74.2 cm³/mol. The fraction of sp³-hybridized carbons (Fsp3) is 0.0667. The number of aromatic hydroxyl groups is 1. The van der Waals surface area contributed by atoms with Gasteiger partial charge in [-0.15, -0.1) is 0 Å². The van der Waals surface area contributed by atoms with Crippen LogP contribution in [0.15, 0.2) is 36.4 Å². The lowest BCUT2D eigenvalue weighted by atomic mass is 10.1. The first kappa shape index (κ1) is 14.5. The van der Waals surface area contributed by atoms with Crippen molar-refractivity contribution in [2.45, 2.75) is 6.92 Å². The number of rotatable bonds is 3. The maximum Gasteiger partial charge on any atom is 0.337 e. The normalized spacial score (nSPS) is 10.2. The quantitative estimate of drug-likeness (QED) is 0.811. The Bertz CT molecular complexity index is 728. The highest BCUT2D eigenvalue weighted by Gasteiger charge is 2.17. The van der Waals surface area contributed by atoms with Gasteiger partial charge in [0.2, 0.25) is 0 Å². The van der Waals surface area contributed by atoms with Crippen LogP contribution in [0.2, 0.25) is 0 Å². The van der Waals surface area contributed by atoms with Crippen LogP contribution in [-0.4, -0.2) is 22.1 Å². The number of phenols is 1. The summed E-state index contributed by atoms with van der Waals surface area (Å²) in [7, 11) is 0. The molecule has 0 fully saturated rings. The molecule has 0 unspecified atom stereocenters. The molecule has 0 aliphatic carbocycles. The number of aryl methyl sites for hydroxylation is 1. The Morgan fingerprint density at radius 2 is 1.90 bits per heavy atom. The molecule has 2 rings (SSSR count). The Hall–Kier alpha value is -2.89. The number of nitrogens with one attached hydrogen (secondary N) is 1. The molecule has 6 heteroatoms. The molecule has 5 nitrogen and oxygen atoms in total. The van der Waals surface area contributed by atoms with E-state index in [1.807, 2.05) is 0 Å². The van der Waals surface area contributed by atoms with Crippen molar-refractivity contribution in [2.24, 2.45) is 0 Å². The second-order valence-electron chi connectivity index (χ2n) is 4.42. The van der Waals surface area contributed by atoms with E-state index in [-0.39, 0.29) is 22.6 Å². The van der Waals surface area contributed by atoms with Crippen molar-refractivity contribution >= 4 is 17.6 Å². The summed E-state index contributed by atoms with van der Waals surface area (Å²) < 4.78 is 13.7. The molecule has 0 saturated carbocycles. The van der Waals surface area contributed by atoms with Crippen LogP contribution in [0.4, 0.5) is 10.1 Å². The molecular formula is C15H12FNO4. The summed E-state index contributed by atoms with van der Waals surface area (Å²) in [5.74, 6) is -2.81. The molecule has 0 atom stereocenters. The first-order valence-corrected chi connectivity index (χ1v) is 6.03. The van der Waals surface area contributed by atoms with Crippen molar-refractivity contribution in [1.29, 1.82) is 0 Å². The van der Waals surface area contributed by atoms with Gasteiger partial charge in [-0.3, -0.25) is 4.79 Å². The zero-order valence-corrected chi connectivity index (χ0v) is 11.1. The minimum atomic E-state index is -1.34. The van der Waals surface area contributed by atoms with Gasteiger partial charge in [-0.1, -0.05) is 6.07 Å². The average molecular weight is 289 g/mol. The van der Waals surface area contributed by atoms with Crippen molar-refractivity contribution < 1.29 is 24.2 Å². The van der Waals surface area contributed by atoms with Gasteiger partial charge in [0.05, 0.1) is 11.3 Å². The van der Waals surface area contributed by atoms with Crippen LogP contribution in [0.3, 0.4) is 0 Å². The van der Waals surface area contributed by atoms with E-state index in [1.165, 1.54) is 30.3 Å². The van der Waals surface area contributed by atoms with Crippen molar-refractivity contribution in [3.05, 3.63) is 58.9 Å². The van der Waals surface area contributed by atoms with Gasteiger partial charge in [0, 0.05) is 5.56 Å². The molecule has 0 heterocycles. The minimum absolute atomic E-state index is 0.0312. The number of carboxylic acid groups (broad SMARTS) is 1. The standard InChI is InChI=1S/C15H12FNO4/c1-8-7-9(5-6-12(8)18)14(19)17-13-10(15(20)21)3-2-4-11(13)16/h2-7,18H,1H3,(H,17,19)(H,20,21). The second kappa shape index (κ2) is 5.62. The maximum atomic E-state index is 13.7. The summed E-state index contributed by atoms with van der Waals surface area (Å²) in [6.07, 6.45) is 0. The Morgan fingerprint density at radius 1 is 1.19 bits per heavy atom. The Kier molecular flexibility index (Phi) is 3.89. The lowest BCUT2D eigenvalue weighted by molar-refractivity contribution is 0.0697.